The number of hydrogen-bond acceptors (Lipinski definition) is 6. The lowest BCUT2D eigenvalue weighted by molar-refractivity contribution is 0.381. The smallest absolute Gasteiger partial charge is 0.262 e. The second-order valence-corrected chi connectivity index (χ2v) is 9.24. The monoisotopic (exact) mass is 390 g/mol. The third-order valence-electron chi connectivity index (χ3n) is 5.50. The first kappa shape index (κ1) is 18.4. The summed E-state index contributed by atoms with van der Waals surface area (Å²) < 4.78 is 29.0. The number of aryl methyl sites for hydroxylation is 4. The summed E-state index contributed by atoms with van der Waals surface area (Å²) in [7, 11) is -1.75. The Morgan fingerprint density at radius 3 is 2.33 bits per heavy atom. The standard InChI is InChI=1S/C18H26N6O2S/c1-13-19-16-7-5-4-6-15(16)18(20-13)23-8-10-24(11-9-23)27(25,26)17-12-22(3)14(2)21-17/h12H,4-11H2,1-3H3. The minimum atomic E-state index is -3.55. The van der Waals surface area contributed by atoms with Crippen molar-refractivity contribution in [3.63, 3.8) is 0 Å². The first-order chi connectivity index (χ1) is 12.9. The summed E-state index contributed by atoms with van der Waals surface area (Å²) in [6, 6.07) is 0. The van der Waals surface area contributed by atoms with Crippen LogP contribution in [0.3, 0.4) is 0 Å². The molecule has 0 aromatic carbocycles. The largest absolute Gasteiger partial charge is 0.354 e. The normalized spacial score (nSPS) is 18.6. The number of rotatable bonds is 3. The number of hydrogen-bond donors (Lipinski definition) is 0. The molecule has 0 N–H and O–H groups in total. The van der Waals surface area contributed by atoms with E-state index in [0.717, 1.165) is 24.5 Å². The van der Waals surface area contributed by atoms with E-state index < -0.39 is 10.0 Å². The van der Waals surface area contributed by atoms with Crippen LogP contribution < -0.4 is 4.90 Å². The molecule has 0 saturated carbocycles. The van der Waals surface area contributed by atoms with Crippen LogP contribution in [0.1, 0.15) is 35.7 Å². The Hall–Kier alpha value is -2.00. The summed E-state index contributed by atoms with van der Waals surface area (Å²) in [5.41, 5.74) is 2.42. The van der Waals surface area contributed by atoms with Crippen LogP contribution in [0.5, 0.6) is 0 Å². The lowest BCUT2D eigenvalue weighted by Gasteiger charge is -2.36. The average molecular weight is 391 g/mol. The third kappa shape index (κ3) is 3.34. The predicted octanol–water partition coefficient (Wildman–Crippen LogP) is 1.22. The molecule has 9 heteroatoms. The Morgan fingerprint density at radius 1 is 0.963 bits per heavy atom. The fourth-order valence-corrected chi connectivity index (χ4v) is 5.33. The summed E-state index contributed by atoms with van der Waals surface area (Å²) in [5, 5.41) is 0.131. The lowest BCUT2D eigenvalue weighted by Crippen LogP contribution is -2.49. The minimum absolute atomic E-state index is 0.131. The van der Waals surface area contributed by atoms with Crippen molar-refractivity contribution in [1.82, 2.24) is 23.8 Å². The highest BCUT2D eigenvalue weighted by Crippen LogP contribution is 2.29. The van der Waals surface area contributed by atoms with E-state index in [1.165, 1.54) is 28.4 Å². The molecule has 4 rings (SSSR count). The molecule has 1 saturated heterocycles. The number of nitrogens with zero attached hydrogens (tertiary/aromatic N) is 6. The van der Waals surface area contributed by atoms with E-state index in [-0.39, 0.29) is 5.03 Å². The Kier molecular flexibility index (Phi) is 4.67. The fraction of sp³-hybridized carbons (Fsp3) is 0.611. The van der Waals surface area contributed by atoms with Crippen molar-refractivity contribution in [3.8, 4) is 0 Å². The van der Waals surface area contributed by atoms with E-state index in [9.17, 15) is 8.42 Å². The van der Waals surface area contributed by atoms with Crippen LogP contribution >= 0.6 is 0 Å². The van der Waals surface area contributed by atoms with Gasteiger partial charge in [0, 0.05) is 50.7 Å². The Balaban J connectivity index is 1.54. The van der Waals surface area contributed by atoms with E-state index in [2.05, 4.69) is 14.9 Å². The zero-order valence-corrected chi connectivity index (χ0v) is 17.0. The van der Waals surface area contributed by atoms with Gasteiger partial charge in [0.25, 0.3) is 10.0 Å². The van der Waals surface area contributed by atoms with Crippen molar-refractivity contribution in [3.05, 3.63) is 29.1 Å². The molecular formula is C18H26N6O2S. The van der Waals surface area contributed by atoms with Gasteiger partial charge in [0.2, 0.25) is 0 Å². The van der Waals surface area contributed by atoms with Gasteiger partial charge in [0.1, 0.15) is 17.5 Å². The molecule has 1 fully saturated rings. The van der Waals surface area contributed by atoms with Crippen molar-refractivity contribution in [2.75, 3.05) is 31.1 Å². The van der Waals surface area contributed by atoms with Gasteiger partial charge in [-0.25, -0.2) is 23.4 Å². The van der Waals surface area contributed by atoms with Crippen LogP contribution in [0.15, 0.2) is 11.2 Å². The highest BCUT2D eigenvalue weighted by Gasteiger charge is 2.32. The van der Waals surface area contributed by atoms with E-state index in [1.54, 1.807) is 24.7 Å². The molecule has 27 heavy (non-hydrogen) atoms. The Bertz CT molecular complexity index is 941. The van der Waals surface area contributed by atoms with Gasteiger partial charge < -0.3 is 9.47 Å². The van der Waals surface area contributed by atoms with Crippen LogP contribution in [-0.4, -0.2) is 58.4 Å². The highest BCUT2D eigenvalue weighted by atomic mass is 32.2. The molecule has 0 amide bonds. The molecule has 8 nitrogen and oxygen atoms in total. The number of aromatic nitrogens is 4. The molecule has 0 unspecified atom stereocenters. The highest BCUT2D eigenvalue weighted by molar-refractivity contribution is 7.89. The Labute approximate surface area is 160 Å². The van der Waals surface area contributed by atoms with Gasteiger partial charge in [-0.05, 0) is 39.5 Å². The maximum Gasteiger partial charge on any atom is 0.262 e. The number of fused-ring (bicyclic) bond motifs is 1. The van der Waals surface area contributed by atoms with Crippen LogP contribution in [0, 0.1) is 13.8 Å². The topological polar surface area (TPSA) is 84.2 Å². The lowest BCUT2D eigenvalue weighted by atomic mass is 9.96. The zero-order valence-electron chi connectivity index (χ0n) is 16.1. The molecule has 1 aliphatic carbocycles. The Morgan fingerprint density at radius 2 is 1.67 bits per heavy atom. The maximum atomic E-state index is 12.9. The van der Waals surface area contributed by atoms with Crippen molar-refractivity contribution < 1.29 is 8.42 Å². The van der Waals surface area contributed by atoms with E-state index in [4.69, 9.17) is 4.98 Å². The van der Waals surface area contributed by atoms with Crippen molar-refractivity contribution >= 4 is 15.8 Å². The molecule has 0 bridgehead atoms. The van der Waals surface area contributed by atoms with Gasteiger partial charge in [0.05, 0.1) is 0 Å². The molecule has 1 aliphatic heterocycles. The maximum absolute atomic E-state index is 12.9. The second kappa shape index (κ2) is 6.87. The molecule has 0 radical (unpaired) electrons. The van der Waals surface area contributed by atoms with Crippen LogP contribution in [0.2, 0.25) is 0 Å². The predicted molar refractivity (Wildman–Crippen MR) is 102 cm³/mol. The SMILES string of the molecule is Cc1nc2c(c(N3CCN(S(=O)(=O)c4cn(C)c(C)n4)CC3)n1)CCCC2. The number of anilines is 1. The molecule has 146 valence electrons. The molecule has 3 heterocycles. The van der Waals surface area contributed by atoms with Gasteiger partial charge in [-0.2, -0.15) is 4.31 Å². The minimum Gasteiger partial charge on any atom is -0.354 e. The molecular weight excluding hydrogens is 364 g/mol. The first-order valence-electron chi connectivity index (χ1n) is 9.47. The number of piperazine rings is 1. The van der Waals surface area contributed by atoms with E-state index in [0.29, 0.717) is 32.0 Å². The summed E-state index contributed by atoms with van der Waals surface area (Å²) in [6.07, 6.45) is 5.95. The van der Waals surface area contributed by atoms with Crippen molar-refractivity contribution in [1.29, 1.82) is 0 Å². The van der Waals surface area contributed by atoms with Gasteiger partial charge in [-0.3, -0.25) is 0 Å². The van der Waals surface area contributed by atoms with Gasteiger partial charge in [0.15, 0.2) is 5.03 Å². The number of imidazole rings is 1. The quantitative estimate of drug-likeness (QED) is 0.783. The average Bonchev–Trinajstić information content (AvgIpc) is 3.00. The molecule has 2 aromatic heterocycles. The molecule has 2 aromatic rings. The van der Waals surface area contributed by atoms with Crippen LogP contribution in [0.25, 0.3) is 0 Å². The van der Waals surface area contributed by atoms with E-state index in [1.807, 2.05) is 6.92 Å². The van der Waals surface area contributed by atoms with Gasteiger partial charge >= 0.3 is 0 Å². The van der Waals surface area contributed by atoms with Gasteiger partial charge in [-0.1, -0.05) is 0 Å². The third-order valence-corrected chi connectivity index (χ3v) is 7.27. The zero-order chi connectivity index (χ0) is 19.2. The van der Waals surface area contributed by atoms with Crippen LogP contribution in [-0.2, 0) is 29.9 Å². The fourth-order valence-electron chi connectivity index (χ4n) is 3.88. The van der Waals surface area contributed by atoms with Crippen molar-refractivity contribution in [2.24, 2.45) is 7.05 Å². The van der Waals surface area contributed by atoms with Crippen molar-refractivity contribution in [2.45, 2.75) is 44.6 Å². The van der Waals surface area contributed by atoms with Gasteiger partial charge in [-0.15, -0.1) is 0 Å². The summed E-state index contributed by atoms with van der Waals surface area (Å²) >= 11 is 0. The van der Waals surface area contributed by atoms with Crippen LogP contribution in [0.4, 0.5) is 5.82 Å². The number of sulfonamides is 1. The molecule has 2 aliphatic rings. The second-order valence-electron chi connectivity index (χ2n) is 7.36. The molecule has 0 atom stereocenters. The summed E-state index contributed by atoms with van der Waals surface area (Å²) in [6.45, 7) is 5.88. The first-order valence-corrected chi connectivity index (χ1v) is 10.9. The summed E-state index contributed by atoms with van der Waals surface area (Å²) in [4.78, 5) is 15.7. The van der Waals surface area contributed by atoms with E-state index >= 15 is 0 Å². The molecule has 0 spiro atoms. The summed E-state index contributed by atoms with van der Waals surface area (Å²) in [5.74, 6) is 2.49.